The van der Waals surface area contributed by atoms with E-state index >= 15 is 0 Å². The molecular formula is C25H39N3O5S. The van der Waals surface area contributed by atoms with Crippen molar-refractivity contribution < 1.29 is 24.2 Å². The van der Waals surface area contributed by atoms with Crippen LogP contribution in [-0.4, -0.2) is 70.3 Å². The van der Waals surface area contributed by atoms with Crippen LogP contribution in [0.5, 0.6) is 0 Å². The first-order chi connectivity index (χ1) is 16.4. The minimum absolute atomic E-state index is 0.213. The van der Waals surface area contributed by atoms with E-state index in [1.54, 1.807) is 4.90 Å². The number of aliphatic hydroxyl groups excluding tert-OH is 1. The average Bonchev–Trinajstić information content (AvgIpc) is 3.05. The minimum Gasteiger partial charge on any atom is -0.445 e. The second-order valence-corrected chi connectivity index (χ2v) is 9.77. The summed E-state index contributed by atoms with van der Waals surface area (Å²) in [5.41, 5.74) is 0.934. The zero-order chi connectivity index (χ0) is 24.8. The monoisotopic (exact) mass is 493 g/mol. The van der Waals surface area contributed by atoms with Crippen LogP contribution >= 0.6 is 11.8 Å². The van der Waals surface area contributed by atoms with Crippen LogP contribution in [0.3, 0.4) is 0 Å². The topological polar surface area (TPSA) is 99.2 Å². The van der Waals surface area contributed by atoms with Gasteiger partial charge in [-0.15, -0.1) is 11.8 Å². The molecule has 1 aromatic rings. The van der Waals surface area contributed by atoms with Crippen LogP contribution in [0.25, 0.3) is 0 Å². The van der Waals surface area contributed by atoms with Gasteiger partial charge < -0.3 is 20.1 Å². The highest BCUT2D eigenvalue weighted by atomic mass is 32.2. The zero-order valence-corrected chi connectivity index (χ0v) is 21.2. The van der Waals surface area contributed by atoms with Crippen molar-refractivity contribution >= 4 is 29.8 Å². The third kappa shape index (κ3) is 9.54. The van der Waals surface area contributed by atoms with Gasteiger partial charge in [0.1, 0.15) is 6.61 Å². The number of amides is 4. The molecule has 1 aromatic carbocycles. The number of carbonyl (C=O) groups is 3. The van der Waals surface area contributed by atoms with Crippen LogP contribution in [0.15, 0.2) is 30.3 Å². The van der Waals surface area contributed by atoms with Gasteiger partial charge in [-0.25, -0.2) is 9.59 Å². The summed E-state index contributed by atoms with van der Waals surface area (Å²) in [5, 5.41) is 12.4. The molecule has 9 heteroatoms. The number of benzene rings is 1. The molecule has 4 amide bonds. The molecule has 0 aromatic heterocycles. The number of nitrogens with one attached hydrogen (secondary N) is 1. The number of urea groups is 1. The number of nitrogens with zero attached hydrogens (tertiary/aromatic N) is 2. The molecule has 0 bridgehead atoms. The van der Waals surface area contributed by atoms with E-state index in [1.165, 1.54) is 25.2 Å². The molecule has 1 aliphatic rings. The maximum Gasteiger partial charge on any atom is 0.407 e. The second-order valence-electron chi connectivity index (χ2n) is 8.58. The number of alkyl carbamates (subject to hydrolysis) is 1. The van der Waals surface area contributed by atoms with Crippen LogP contribution in [0.2, 0.25) is 0 Å². The van der Waals surface area contributed by atoms with Crippen molar-refractivity contribution in [3.05, 3.63) is 35.9 Å². The van der Waals surface area contributed by atoms with Gasteiger partial charge in [-0.3, -0.25) is 9.69 Å². The lowest BCUT2D eigenvalue weighted by molar-refractivity contribution is -0.125. The van der Waals surface area contributed by atoms with Crippen molar-refractivity contribution in [3.63, 3.8) is 0 Å². The van der Waals surface area contributed by atoms with Crippen molar-refractivity contribution in [2.75, 3.05) is 25.9 Å². The molecule has 190 valence electrons. The summed E-state index contributed by atoms with van der Waals surface area (Å²) in [6.45, 7) is 3.24. The second kappa shape index (κ2) is 15.6. The molecule has 1 heterocycles. The first-order valence-corrected chi connectivity index (χ1v) is 13.3. The summed E-state index contributed by atoms with van der Waals surface area (Å²) in [7, 11) is 1.50. The average molecular weight is 494 g/mol. The SMILES string of the molecule is CCCCCCC(O)CCN1C(=O)N(C)C(=O)C1SCCCCNC(=O)OCc1ccccc1. The Balaban J connectivity index is 1.63. The van der Waals surface area contributed by atoms with Crippen molar-refractivity contribution in [2.45, 2.75) is 76.4 Å². The van der Waals surface area contributed by atoms with Gasteiger partial charge in [-0.1, -0.05) is 62.9 Å². The Hall–Kier alpha value is -2.26. The molecule has 1 saturated heterocycles. The summed E-state index contributed by atoms with van der Waals surface area (Å²) >= 11 is 1.44. The Bertz CT molecular complexity index is 764. The third-order valence-corrected chi connectivity index (χ3v) is 7.08. The number of hydrogen-bond acceptors (Lipinski definition) is 6. The molecule has 8 nitrogen and oxygen atoms in total. The number of aliphatic hydroxyl groups is 1. The predicted molar refractivity (Wildman–Crippen MR) is 134 cm³/mol. The van der Waals surface area contributed by atoms with E-state index in [0.29, 0.717) is 25.3 Å². The van der Waals surface area contributed by atoms with Crippen molar-refractivity contribution in [3.8, 4) is 0 Å². The maximum atomic E-state index is 12.5. The molecule has 0 spiro atoms. The molecule has 34 heavy (non-hydrogen) atoms. The molecule has 2 N–H and O–H groups in total. The molecule has 2 unspecified atom stereocenters. The molecule has 1 fully saturated rings. The summed E-state index contributed by atoms with van der Waals surface area (Å²) in [4.78, 5) is 39.5. The quantitative estimate of drug-likeness (QED) is 0.262. The zero-order valence-electron chi connectivity index (χ0n) is 20.4. The largest absolute Gasteiger partial charge is 0.445 e. The molecule has 2 atom stereocenters. The fourth-order valence-corrected chi connectivity index (χ4v) is 4.96. The molecule has 0 radical (unpaired) electrons. The van der Waals surface area contributed by atoms with E-state index in [4.69, 9.17) is 4.74 Å². The standard InChI is InChI=1S/C25H39N3O5S/c1-3-4-5-9-14-21(29)15-17-28-23(22(30)27(2)25(28)32)34-18-11-10-16-26-24(31)33-19-20-12-7-6-8-13-20/h6-8,12-13,21,23,29H,3-5,9-11,14-19H2,1-2H3,(H,26,31). The van der Waals surface area contributed by atoms with Crippen LogP contribution in [0.4, 0.5) is 9.59 Å². The number of unbranched alkanes of at least 4 members (excludes halogenated alkanes) is 4. The van der Waals surface area contributed by atoms with Crippen molar-refractivity contribution in [1.82, 2.24) is 15.1 Å². The lowest BCUT2D eigenvalue weighted by Gasteiger charge is -2.22. The first kappa shape index (κ1) is 28.0. The smallest absolute Gasteiger partial charge is 0.407 e. The fraction of sp³-hybridized carbons (Fsp3) is 0.640. The van der Waals surface area contributed by atoms with Gasteiger partial charge >= 0.3 is 12.1 Å². The molecular weight excluding hydrogens is 454 g/mol. The Morgan fingerprint density at radius 2 is 1.88 bits per heavy atom. The summed E-state index contributed by atoms with van der Waals surface area (Å²) in [5.74, 6) is 0.476. The van der Waals surface area contributed by atoms with Gasteiger partial charge in [-0.05, 0) is 37.0 Å². The highest BCUT2D eigenvalue weighted by molar-refractivity contribution is 8.00. The van der Waals surface area contributed by atoms with E-state index < -0.39 is 17.6 Å². The number of thioether (sulfide) groups is 1. The van der Waals surface area contributed by atoms with Crippen LogP contribution < -0.4 is 5.32 Å². The molecule has 1 aliphatic heterocycles. The van der Waals surface area contributed by atoms with E-state index in [2.05, 4.69) is 12.2 Å². The van der Waals surface area contributed by atoms with Gasteiger partial charge in [0.05, 0.1) is 6.10 Å². The van der Waals surface area contributed by atoms with Crippen molar-refractivity contribution in [1.29, 1.82) is 0 Å². The fourth-order valence-electron chi connectivity index (χ4n) is 3.69. The van der Waals surface area contributed by atoms with Crippen molar-refractivity contribution in [2.24, 2.45) is 0 Å². The van der Waals surface area contributed by atoms with Crippen LogP contribution in [0, 0.1) is 0 Å². The highest BCUT2D eigenvalue weighted by Crippen LogP contribution is 2.27. The van der Waals surface area contributed by atoms with Gasteiger partial charge in [0.2, 0.25) is 0 Å². The number of ether oxygens (including phenoxy) is 1. The van der Waals surface area contributed by atoms with E-state index in [-0.39, 0.29) is 18.5 Å². The van der Waals surface area contributed by atoms with Gasteiger partial charge in [-0.2, -0.15) is 0 Å². The van der Waals surface area contributed by atoms with E-state index in [0.717, 1.165) is 49.0 Å². The highest BCUT2D eigenvalue weighted by Gasteiger charge is 2.43. The number of rotatable bonds is 16. The first-order valence-electron chi connectivity index (χ1n) is 12.3. The number of carbonyl (C=O) groups excluding carboxylic acids is 3. The van der Waals surface area contributed by atoms with Gasteiger partial charge in [0.25, 0.3) is 5.91 Å². The van der Waals surface area contributed by atoms with E-state index in [1.807, 2.05) is 30.3 Å². The summed E-state index contributed by atoms with van der Waals surface area (Å²) in [6, 6.07) is 9.19. The number of likely N-dealkylation sites (N-methyl/N-ethyl adjacent to an activating group) is 1. The normalized spacial score (nSPS) is 16.7. The maximum absolute atomic E-state index is 12.5. The molecule has 0 aliphatic carbocycles. The predicted octanol–water partition coefficient (Wildman–Crippen LogP) is 4.37. The Morgan fingerprint density at radius 3 is 2.62 bits per heavy atom. The third-order valence-electron chi connectivity index (χ3n) is 5.78. The van der Waals surface area contributed by atoms with Gasteiger partial charge in [0, 0.05) is 20.1 Å². The minimum atomic E-state index is -0.548. The lowest BCUT2D eigenvalue weighted by atomic mass is 10.1. The Labute approximate surface area is 207 Å². The van der Waals surface area contributed by atoms with Gasteiger partial charge in [0.15, 0.2) is 5.37 Å². The van der Waals surface area contributed by atoms with Crippen LogP contribution in [0.1, 0.15) is 63.9 Å². The molecule has 0 saturated carbocycles. The molecule has 2 rings (SSSR count). The lowest BCUT2D eigenvalue weighted by Crippen LogP contribution is -2.35. The summed E-state index contributed by atoms with van der Waals surface area (Å²) < 4.78 is 5.18. The number of imide groups is 1. The number of hydrogen-bond donors (Lipinski definition) is 2. The Kier molecular flexibility index (Phi) is 12.8. The summed E-state index contributed by atoms with van der Waals surface area (Å²) in [6.07, 6.45) is 6.24. The van der Waals surface area contributed by atoms with Crippen LogP contribution in [-0.2, 0) is 16.1 Å². The Morgan fingerprint density at radius 1 is 1.12 bits per heavy atom. The van der Waals surface area contributed by atoms with E-state index in [9.17, 15) is 19.5 Å².